The zero-order chi connectivity index (χ0) is 19.1. The summed E-state index contributed by atoms with van der Waals surface area (Å²) in [6.45, 7) is 2.20. The third kappa shape index (κ3) is 3.03. The molecule has 3 heterocycles. The van der Waals surface area contributed by atoms with E-state index in [-0.39, 0.29) is 23.2 Å². The van der Waals surface area contributed by atoms with Crippen molar-refractivity contribution in [2.75, 3.05) is 18.0 Å². The highest BCUT2D eigenvalue weighted by Gasteiger charge is 2.26. The van der Waals surface area contributed by atoms with Crippen LogP contribution < -0.4 is 21.9 Å². The number of piperidine rings is 1. The zero-order valence-corrected chi connectivity index (χ0v) is 15.8. The maximum atomic E-state index is 12.9. The minimum Gasteiger partial charge on any atom is -0.341 e. The molecule has 1 saturated heterocycles. The molecule has 2 aliphatic rings. The summed E-state index contributed by atoms with van der Waals surface area (Å²) >= 11 is 0. The predicted molar refractivity (Wildman–Crippen MR) is 106 cm³/mol. The van der Waals surface area contributed by atoms with E-state index in [9.17, 15) is 9.59 Å². The number of hydrogen-bond acceptors (Lipinski definition) is 5. The van der Waals surface area contributed by atoms with Gasteiger partial charge in [-0.1, -0.05) is 24.3 Å². The molecule has 1 unspecified atom stereocenters. The monoisotopic (exact) mass is 370 g/mol. The Hall–Kier alpha value is -2.61. The fourth-order valence-corrected chi connectivity index (χ4v) is 4.04. The fourth-order valence-electron chi connectivity index (χ4n) is 4.04. The number of imidazole rings is 1. The topological polar surface area (TPSA) is 91.1 Å². The fraction of sp³-hybridized carbons (Fsp3) is 0.526. The first-order chi connectivity index (χ1) is 13.0. The van der Waals surface area contributed by atoms with E-state index in [1.165, 1.54) is 11.6 Å². The van der Waals surface area contributed by atoms with Crippen LogP contribution >= 0.6 is 0 Å². The summed E-state index contributed by atoms with van der Waals surface area (Å²) < 4.78 is 4.60. The maximum absolute atomic E-state index is 12.9. The van der Waals surface area contributed by atoms with Gasteiger partial charge in [0, 0.05) is 39.8 Å². The molecule has 2 aromatic heterocycles. The number of anilines is 1. The van der Waals surface area contributed by atoms with Gasteiger partial charge >= 0.3 is 5.69 Å². The van der Waals surface area contributed by atoms with E-state index in [1.54, 1.807) is 7.05 Å². The van der Waals surface area contributed by atoms with Crippen LogP contribution in [0.3, 0.4) is 0 Å². The van der Waals surface area contributed by atoms with E-state index in [4.69, 9.17) is 10.7 Å². The van der Waals surface area contributed by atoms with Crippen LogP contribution in [-0.4, -0.2) is 37.8 Å². The van der Waals surface area contributed by atoms with Gasteiger partial charge in [-0.15, -0.1) is 0 Å². The Labute approximate surface area is 157 Å². The highest BCUT2D eigenvalue weighted by atomic mass is 16.2. The van der Waals surface area contributed by atoms with Crippen LogP contribution in [0.2, 0.25) is 0 Å². The molecule has 0 amide bonds. The third-order valence-corrected chi connectivity index (χ3v) is 5.55. The number of hydrogen-bond donors (Lipinski definition) is 1. The standard InChI is InChI=1S/C19H26N6O2/c1-22-16-15(17(26)23(2)19(22)27)25(11-13-7-4-3-5-8-13)18(21-16)24-10-6-9-14(20)12-24/h3-5,7,13-14H,6,8-12,20H2,1-2H3/t13?,14-/m1/s1. The predicted octanol–water partition coefficient (Wildman–Crippen LogP) is 0.494. The van der Waals surface area contributed by atoms with Crippen LogP contribution in [0, 0.1) is 5.92 Å². The Morgan fingerprint density at radius 2 is 2.04 bits per heavy atom. The lowest BCUT2D eigenvalue weighted by molar-refractivity contribution is 0.481. The van der Waals surface area contributed by atoms with Crippen molar-refractivity contribution in [3.8, 4) is 0 Å². The van der Waals surface area contributed by atoms with Crippen LogP contribution in [0.15, 0.2) is 33.9 Å². The minimum absolute atomic E-state index is 0.0937. The molecule has 2 aromatic rings. The summed E-state index contributed by atoms with van der Waals surface area (Å²) in [6, 6.07) is 0.0937. The Kier molecular flexibility index (Phi) is 4.51. The van der Waals surface area contributed by atoms with Crippen LogP contribution in [0.25, 0.3) is 11.2 Å². The van der Waals surface area contributed by atoms with Gasteiger partial charge in [0.15, 0.2) is 11.2 Å². The van der Waals surface area contributed by atoms with E-state index in [1.807, 2.05) is 16.7 Å². The Morgan fingerprint density at radius 1 is 1.22 bits per heavy atom. The lowest BCUT2D eigenvalue weighted by Crippen LogP contribution is -2.44. The van der Waals surface area contributed by atoms with Gasteiger partial charge in [0.05, 0.1) is 0 Å². The highest BCUT2D eigenvalue weighted by molar-refractivity contribution is 5.74. The molecule has 0 bridgehead atoms. The Balaban J connectivity index is 1.91. The Morgan fingerprint density at radius 3 is 2.74 bits per heavy atom. The summed E-state index contributed by atoms with van der Waals surface area (Å²) in [5.74, 6) is 1.02. The smallest absolute Gasteiger partial charge is 0.332 e. The van der Waals surface area contributed by atoms with Crippen molar-refractivity contribution < 1.29 is 0 Å². The summed E-state index contributed by atoms with van der Waals surface area (Å²) in [4.78, 5) is 32.2. The molecule has 27 heavy (non-hydrogen) atoms. The molecule has 0 radical (unpaired) electrons. The normalized spacial score (nSPS) is 22.7. The maximum Gasteiger partial charge on any atom is 0.332 e. The van der Waals surface area contributed by atoms with Crippen LogP contribution in [0.5, 0.6) is 0 Å². The van der Waals surface area contributed by atoms with E-state index < -0.39 is 0 Å². The quantitative estimate of drug-likeness (QED) is 0.849. The molecule has 0 spiro atoms. The lowest BCUT2D eigenvalue weighted by atomic mass is 10.0. The molecule has 4 rings (SSSR count). The second-order valence-corrected chi connectivity index (χ2v) is 7.56. The van der Waals surface area contributed by atoms with E-state index in [2.05, 4.69) is 17.1 Å². The molecule has 1 aliphatic carbocycles. The van der Waals surface area contributed by atoms with Gasteiger partial charge < -0.3 is 15.2 Å². The summed E-state index contributed by atoms with van der Waals surface area (Å²) in [5.41, 5.74) is 6.44. The largest absolute Gasteiger partial charge is 0.341 e. The number of aryl methyl sites for hydroxylation is 1. The molecular weight excluding hydrogens is 344 g/mol. The summed E-state index contributed by atoms with van der Waals surface area (Å²) in [5, 5.41) is 0. The molecule has 1 fully saturated rings. The van der Waals surface area contributed by atoms with Crippen molar-refractivity contribution >= 4 is 17.1 Å². The van der Waals surface area contributed by atoms with Crippen LogP contribution in [0.4, 0.5) is 5.95 Å². The van der Waals surface area contributed by atoms with Gasteiger partial charge in [-0.2, -0.15) is 4.98 Å². The minimum atomic E-state index is -0.362. The van der Waals surface area contributed by atoms with Crippen molar-refractivity contribution in [2.24, 2.45) is 25.7 Å². The number of nitrogens with zero attached hydrogens (tertiary/aromatic N) is 5. The molecule has 8 heteroatoms. The molecule has 144 valence electrons. The number of nitrogens with two attached hydrogens (primary N) is 1. The van der Waals surface area contributed by atoms with Crippen molar-refractivity contribution in [2.45, 2.75) is 31.8 Å². The zero-order valence-electron chi connectivity index (χ0n) is 15.8. The van der Waals surface area contributed by atoms with Crippen LogP contribution in [0.1, 0.15) is 19.3 Å². The second-order valence-electron chi connectivity index (χ2n) is 7.56. The van der Waals surface area contributed by atoms with E-state index in [0.29, 0.717) is 24.3 Å². The van der Waals surface area contributed by atoms with Crippen molar-refractivity contribution in [1.82, 2.24) is 18.7 Å². The SMILES string of the molecule is Cn1c(=O)c2c(nc(N3CCC[C@@H](N)C3)n2CC2C=CC=CC2)n(C)c1=O. The molecule has 8 nitrogen and oxygen atoms in total. The van der Waals surface area contributed by atoms with Gasteiger partial charge in [0.25, 0.3) is 5.56 Å². The molecule has 2 N–H and O–H groups in total. The third-order valence-electron chi connectivity index (χ3n) is 5.55. The first kappa shape index (κ1) is 17.8. The second kappa shape index (κ2) is 6.84. The summed E-state index contributed by atoms with van der Waals surface area (Å²) in [6.07, 6.45) is 11.3. The van der Waals surface area contributed by atoms with Crippen molar-refractivity contribution in [1.29, 1.82) is 0 Å². The van der Waals surface area contributed by atoms with Crippen molar-refractivity contribution in [3.05, 3.63) is 45.1 Å². The van der Waals surface area contributed by atoms with E-state index in [0.717, 1.165) is 36.3 Å². The number of aromatic nitrogens is 4. The first-order valence-electron chi connectivity index (χ1n) is 9.47. The van der Waals surface area contributed by atoms with Crippen molar-refractivity contribution in [3.63, 3.8) is 0 Å². The van der Waals surface area contributed by atoms with Gasteiger partial charge in [0.1, 0.15) is 0 Å². The van der Waals surface area contributed by atoms with Gasteiger partial charge in [0.2, 0.25) is 5.95 Å². The van der Waals surface area contributed by atoms with Crippen LogP contribution in [-0.2, 0) is 20.6 Å². The molecule has 0 saturated carbocycles. The highest BCUT2D eigenvalue weighted by Crippen LogP contribution is 2.25. The average Bonchev–Trinajstić information content (AvgIpc) is 3.05. The van der Waals surface area contributed by atoms with E-state index >= 15 is 0 Å². The number of rotatable bonds is 3. The van der Waals surface area contributed by atoms with Gasteiger partial charge in [-0.05, 0) is 25.2 Å². The molecule has 2 atom stereocenters. The number of fused-ring (bicyclic) bond motifs is 1. The van der Waals surface area contributed by atoms with Gasteiger partial charge in [-0.25, -0.2) is 4.79 Å². The molecule has 1 aliphatic heterocycles. The first-order valence-corrected chi connectivity index (χ1v) is 9.47. The lowest BCUT2D eigenvalue weighted by Gasteiger charge is -2.32. The molecule has 0 aromatic carbocycles. The average molecular weight is 370 g/mol. The van der Waals surface area contributed by atoms with Gasteiger partial charge in [-0.3, -0.25) is 13.9 Å². The Bertz CT molecular complexity index is 1040. The number of allylic oxidation sites excluding steroid dienone is 4. The molecular formula is C19H26N6O2. The summed E-state index contributed by atoms with van der Waals surface area (Å²) in [7, 11) is 3.18.